The van der Waals surface area contributed by atoms with Crippen LogP contribution in [0.5, 0.6) is 0 Å². The largest absolute Gasteiger partial charge is 0.468 e. The summed E-state index contributed by atoms with van der Waals surface area (Å²) in [5, 5.41) is 3.15. The van der Waals surface area contributed by atoms with Crippen LogP contribution < -0.4 is 5.32 Å². The molecule has 6 heteroatoms. The molecular weight excluding hydrogens is 269 g/mol. The highest BCUT2D eigenvalue weighted by Gasteiger charge is 2.08. The summed E-state index contributed by atoms with van der Waals surface area (Å²) in [6, 6.07) is 4.54. The van der Waals surface area contributed by atoms with E-state index >= 15 is 0 Å². The normalized spacial score (nSPS) is 10.5. The molecule has 0 unspecified atom stereocenters. The molecule has 0 aliphatic rings. The first-order valence-corrected chi connectivity index (χ1v) is 6.83. The summed E-state index contributed by atoms with van der Waals surface area (Å²) in [7, 11) is 2.97. The first-order chi connectivity index (χ1) is 9.17. The fraction of sp³-hybridized carbons (Fsp3) is 0.462. The van der Waals surface area contributed by atoms with Gasteiger partial charge in [-0.1, -0.05) is 0 Å². The Morgan fingerprint density at radius 2 is 2.21 bits per heavy atom. The number of carbonyl (C=O) groups is 1. The fourth-order valence-corrected chi connectivity index (χ4v) is 2.29. The lowest BCUT2D eigenvalue weighted by Gasteiger charge is -2.10. The Balaban J connectivity index is 2.60. The van der Waals surface area contributed by atoms with Crippen LogP contribution >= 0.6 is 11.8 Å². The molecule has 0 aliphatic heterocycles. The second-order valence-electron chi connectivity index (χ2n) is 3.79. The van der Waals surface area contributed by atoms with E-state index in [1.165, 1.54) is 31.0 Å². The van der Waals surface area contributed by atoms with Crippen LogP contribution in [-0.2, 0) is 20.8 Å². The predicted octanol–water partition coefficient (Wildman–Crippen LogP) is 1.83. The van der Waals surface area contributed by atoms with E-state index in [1.54, 1.807) is 13.2 Å². The van der Waals surface area contributed by atoms with Gasteiger partial charge in [0, 0.05) is 25.1 Å². The molecule has 0 radical (unpaired) electrons. The molecule has 4 nitrogen and oxygen atoms in total. The Bertz CT molecular complexity index is 415. The van der Waals surface area contributed by atoms with E-state index in [4.69, 9.17) is 4.74 Å². The van der Waals surface area contributed by atoms with Crippen molar-refractivity contribution in [2.45, 2.75) is 11.4 Å². The van der Waals surface area contributed by atoms with E-state index in [0.717, 1.165) is 10.5 Å². The van der Waals surface area contributed by atoms with Gasteiger partial charge in [-0.2, -0.15) is 0 Å². The number of hydrogen-bond acceptors (Lipinski definition) is 5. The van der Waals surface area contributed by atoms with Crippen molar-refractivity contribution >= 4 is 17.7 Å². The monoisotopic (exact) mass is 287 g/mol. The van der Waals surface area contributed by atoms with E-state index in [0.29, 0.717) is 19.7 Å². The molecule has 0 bridgehead atoms. The first kappa shape index (κ1) is 15.9. The number of nitrogens with one attached hydrogen (secondary N) is 1. The zero-order chi connectivity index (χ0) is 14.1. The van der Waals surface area contributed by atoms with Gasteiger partial charge in [0.25, 0.3) is 0 Å². The number of methoxy groups -OCH3 is 2. The van der Waals surface area contributed by atoms with Crippen LogP contribution in [0.25, 0.3) is 0 Å². The van der Waals surface area contributed by atoms with Crippen molar-refractivity contribution in [3.8, 4) is 0 Å². The third-order valence-electron chi connectivity index (χ3n) is 2.39. The molecule has 0 heterocycles. The van der Waals surface area contributed by atoms with E-state index in [-0.39, 0.29) is 17.5 Å². The lowest BCUT2D eigenvalue weighted by atomic mass is 10.2. The molecule has 1 aromatic carbocycles. The van der Waals surface area contributed by atoms with Crippen LogP contribution in [0.3, 0.4) is 0 Å². The van der Waals surface area contributed by atoms with E-state index in [9.17, 15) is 9.18 Å². The van der Waals surface area contributed by atoms with Crippen LogP contribution in [0.1, 0.15) is 5.56 Å². The smallest absolute Gasteiger partial charge is 0.315 e. The average molecular weight is 287 g/mol. The molecular formula is C13H18FNO3S. The molecule has 0 spiro atoms. The molecule has 19 heavy (non-hydrogen) atoms. The Hall–Kier alpha value is -1.11. The minimum Gasteiger partial charge on any atom is -0.468 e. The number of thioether (sulfide) groups is 1. The zero-order valence-electron chi connectivity index (χ0n) is 11.1. The van der Waals surface area contributed by atoms with Gasteiger partial charge in [-0.05, 0) is 23.8 Å². The highest BCUT2D eigenvalue weighted by Crippen LogP contribution is 2.23. The summed E-state index contributed by atoms with van der Waals surface area (Å²) >= 11 is 1.34. The highest BCUT2D eigenvalue weighted by atomic mass is 32.2. The summed E-state index contributed by atoms with van der Waals surface area (Å²) in [6.45, 7) is 1.82. The molecule has 0 atom stereocenters. The van der Waals surface area contributed by atoms with Crippen molar-refractivity contribution in [1.82, 2.24) is 5.32 Å². The van der Waals surface area contributed by atoms with Crippen LogP contribution in [0.4, 0.5) is 4.39 Å². The van der Waals surface area contributed by atoms with Gasteiger partial charge in [-0.3, -0.25) is 4.79 Å². The van der Waals surface area contributed by atoms with Crippen molar-refractivity contribution in [1.29, 1.82) is 0 Å². The lowest BCUT2D eigenvalue weighted by molar-refractivity contribution is -0.137. The standard InChI is InChI=1S/C13H18FNO3S/c1-17-6-5-15-8-10-7-11(14)3-4-12(10)19-9-13(16)18-2/h3-4,7,15H,5-6,8-9H2,1-2H3. The van der Waals surface area contributed by atoms with Gasteiger partial charge in [0.2, 0.25) is 0 Å². The summed E-state index contributed by atoms with van der Waals surface area (Å²) in [6.07, 6.45) is 0. The minimum absolute atomic E-state index is 0.215. The second-order valence-corrected chi connectivity index (χ2v) is 4.80. The molecule has 1 rings (SSSR count). The van der Waals surface area contributed by atoms with E-state index in [1.807, 2.05) is 0 Å². The van der Waals surface area contributed by atoms with Crippen molar-refractivity contribution in [3.63, 3.8) is 0 Å². The van der Waals surface area contributed by atoms with Crippen molar-refractivity contribution < 1.29 is 18.7 Å². The molecule has 1 aromatic rings. The number of hydrogen-bond donors (Lipinski definition) is 1. The molecule has 0 saturated carbocycles. The Labute approximate surface area is 116 Å². The molecule has 0 aromatic heterocycles. The van der Waals surface area contributed by atoms with Gasteiger partial charge in [-0.15, -0.1) is 11.8 Å². The third kappa shape index (κ3) is 6.04. The van der Waals surface area contributed by atoms with Crippen molar-refractivity contribution in [2.75, 3.05) is 33.1 Å². The summed E-state index contributed by atoms with van der Waals surface area (Å²) in [5.41, 5.74) is 0.824. The van der Waals surface area contributed by atoms with Gasteiger partial charge in [-0.25, -0.2) is 4.39 Å². The Morgan fingerprint density at radius 3 is 2.89 bits per heavy atom. The topological polar surface area (TPSA) is 47.6 Å². The summed E-state index contributed by atoms with van der Waals surface area (Å²) in [4.78, 5) is 12.0. The molecule has 106 valence electrons. The first-order valence-electron chi connectivity index (χ1n) is 5.85. The SMILES string of the molecule is COCCNCc1cc(F)ccc1SCC(=O)OC. The summed E-state index contributed by atoms with van der Waals surface area (Å²) < 4.78 is 22.7. The number of halogens is 1. The van der Waals surface area contributed by atoms with E-state index in [2.05, 4.69) is 10.1 Å². The number of carbonyl (C=O) groups excluding carboxylic acids is 1. The predicted molar refractivity (Wildman–Crippen MR) is 72.7 cm³/mol. The third-order valence-corrected chi connectivity index (χ3v) is 3.48. The van der Waals surface area contributed by atoms with Crippen molar-refractivity contribution in [2.24, 2.45) is 0 Å². The molecule has 0 aliphatic carbocycles. The molecule has 0 fully saturated rings. The fourth-order valence-electron chi connectivity index (χ4n) is 1.42. The van der Waals surface area contributed by atoms with Gasteiger partial charge in [0.05, 0.1) is 19.5 Å². The van der Waals surface area contributed by atoms with Crippen LogP contribution in [0, 0.1) is 5.82 Å². The van der Waals surface area contributed by atoms with Gasteiger partial charge < -0.3 is 14.8 Å². The Morgan fingerprint density at radius 1 is 1.42 bits per heavy atom. The molecule has 1 N–H and O–H groups in total. The molecule has 0 amide bonds. The van der Waals surface area contributed by atoms with Gasteiger partial charge in [0.1, 0.15) is 5.82 Å². The van der Waals surface area contributed by atoms with Crippen molar-refractivity contribution in [3.05, 3.63) is 29.6 Å². The number of benzene rings is 1. The number of rotatable bonds is 8. The second kappa shape index (κ2) is 8.90. The van der Waals surface area contributed by atoms with Crippen LogP contribution in [0.2, 0.25) is 0 Å². The van der Waals surface area contributed by atoms with Gasteiger partial charge in [0.15, 0.2) is 0 Å². The zero-order valence-corrected chi connectivity index (χ0v) is 11.9. The maximum absolute atomic E-state index is 13.2. The van der Waals surface area contributed by atoms with Gasteiger partial charge >= 0.3 is 5.97 Å². The molecule has 0 saturated heterocycles. The van der Waals surface area contributed by atoms with E-state index < -0.39 is 0 Å². The van der Waals surface area contributed by atoms with Crippen LogP contribution in [-0.4, -0.2) is 39.1 Å². The quantitative estimate of drug-likeness (QED) is 0.449. The number of ether oxygens (including phenoxy) is 2. The number of esters is 1. The maximum atomic E-state index is 13.2. The highest BCUT2D eigenvalue weighted by molar-refractivity contribution is 8.00. The average Bonchev–Trinajstić information content (AvgIpc) is 2.42. The lowest BCUT2D eigenvalue weighted by Crippen LogP contribution is -2.19. The Kier molecular flexibility index (Phi) is 7.47. The van der Waals surface area contributed by atoms with Crippen LogP contribution in [0.15, 0.2) is 23.1 Å². The summed E-state index contributed by atoms with van der Waals surface area (Å²) in [5.74, 6) is -0.369. The maximum Gasteiger partial charge on any atom is 0.315 e. The minimum atomic E-state index is -0.299.